The number of carbonyl (C=O) groups is 1. The Morgan fingerprint density at radius 1 is 1.43 bits per heavy atom. The molecule has 0 saturated heterocycles. The topological polar surface area (TPSA) is 29.1 Å². The van der Waals surface area contributed by atoms with Crippen LogP contribution < -0.4 is 5.32 Å². The van der Waals surface area contributed by atoms with E-state index in [1.54, 1.807) is 0 Å². The summed E-state index contributed by atoms with van der Waals surface area (Å²) in [6.07, 6.45) is 0.878. The van der Waals surface area contributed by atoms with Gasteiger partial charge in [-0.1, -0.05) is 23.8 Å². The van der Waals surface area contributed by atoms with Gasteiger partial charge in [0.05, 0.1) is 0 Å². The fourth-order valence-corrected chi connectivity index (χ4v) is 1.62. The minimum Gasteiger partial charge on any atom is -0.346 e. The second-order valence-corrected chi connectivity index (χ2v) is 4.10. The Balaban J connectivity index is 2.55. The molecule has 0 fully saturated rings. The monoisotopic (exact) mass is 255 g/mol. The standard InChI is InChI=1S/C11H14BrNO/c1-8-3-4-10(9(2)7-8)5-6-13-11(12)14/h3-4,7H,5-6H2,1-2H3,(H,13,14). The highest BCUT2D eigenvalue weighted by molar-refractivity contribution is 9.18. The Morgan fingerprint density at radius 3 is 2.71 bits per heavy atom. The largest absolute Gasteiger partial charge is 0.346 e. The average molecular weight is 256 g/mol. The van der Waals surface area contributed by atoms with E-state index in [1.807, 2.05) is 0 Å². The molecular weight excluding hydrogens is 242 g/mol. The third-order valence-electron chi connectivity index (χ3n) is 2.16. The van der Waals surface area contributed by atoms with Crippen LogP contribution in [0.4, 0.5) is 4.79 Å². The lowest BCUT2D eigenvalue weighted by Crippen LogP contribution is -2.19. The van der Waals surface area contributed by atoms with E-state index in [0.29, 0.717) is 6.54 Å². The van der Waals surface area contributed by atoms with Gasteiger partial charge < -0.3 is 5.32 Å². The molecule has 2 nitrogen and oxygen atoms in total. The molecule has 1 amide bonds. The van der Waals surface area contributed by atoms with Crippen molar-refractivity contribution in [2.45, 2.75) is 20.3 Å². The first-order valence-electron chi connectivity index (χ1n) is 4.59. The van der Waals surface area contributed by atoms with Crippen LogP contribution in [0.2, 0.25) is 0 Å². The zero-order valence-electron chi connectivity index (χ0n) is 8.43. The van der Waals surface area contributed by atoms with Crippen LogP contribution in [0.5, 0.6) is 0 Å². The smallest absolute Gasteiger partial charge is 0.287 e. The van der Waals surface area contributed by atoms with Crippen LogP contribution in [0.25, 0.3) is 0 Å². The van der Waals surface area contributed by atoms with Crippen molar-refractivity contribution in [1.82, 2.24) is 5.32 Å². The lowest BCUT2D eigenvalue weighted by atomic mass is 10.0. The SMILES string of the molecule is Cc1ccc(CCNC(=O)Br)c(C)c1. The molecule has 0 aliphatic carbocycles. The van der Waals surface area contributed by atoms with Crippen molar-refractivity contribution in [1.29, 1.82) is 0 Å². The summed E-state index contributed by atoms with van der Waals surface area (Å²) >= 11 is 2.83. The molecule has 0 aliphatic rings. The maximum atomic E-state index is 10.6. The van der Waals surface area contributed by atoms with Crippen molar-refractivity contribution < 1.29 is 4.79 Å². The highest BCUT2D eigenvalue weighted by Gasteiger charge is 1.99. The number of amides is 1. The minimum absolute atomic E-state index is 0.151. The molecule has 0 saturated carbocycles. The van der Waals surface area contributed by atoms with Crippen LogP contribution in [0, 0.1) is 13.8 Å². The molecule has 1 aromatic carbocycles. The molecule has 0 unspecified atom stereocenters. The van der Waals surface area contributed by atoms with Crippen LogP contribution in [-0.2, 0) is 6.42 Å². The molecule has 3 heteroatoms. The number of nitrogens with one attached hydrogen (secondary N) is 1. The van der Waals surface area contributed by atoms with Crippen molar-refractivity contribution in [3.63, 3.8) is 0 Å². The van der Waals surface area contributed by atoms with E-state index in [2.05, 4.69) is 53.3 Å². The van der Waals surface area contributed by atoms with E-state index in [0.717, 1.165) is 6.42 Å². The summed E-state index contributed by atoms with van der Waals surface area (Å²) in [6.45, 7) is 4.85. The minimum atomic E-state index is -0.151. The second kappa shape index (κ2) is 5.15. The highest BCUT2D eigenvalue weighted by atomic mass is 79.9. The van der Waals surface area contributed by atoms with Gasteiger partial charge in [-0.05, 0) is 31.4 Å². The van der Waals surface area contributed by atoms with E-state index >= 15 is 0 Å². The molecule has 0 bridgehead atoms. The fraction of sp³-hybridized carbons (Fsp3) is 0.364. The fourth-order valence-electron chi connectivity index (χ4n) is 1.42. The first-order chi connectivity index (χ1) is 6.59. The van der Waals surface area contributed by atoms with Gasteiger partial charge in [0.1, 0.15) is 0 Å². The van der Waals surface area contributed by atoms with Crippen LogP contribution in [0.3, 0.4) is 0 Å². The average Bonchev–Trinajstić information content (AvgIpc) is 2.08. The molecule has 0 heterocycles. The normalized spacial score (nSPS) is 9.93. The summed E-state index contributed by atoms with van der Waals surface area (Å²) in [4.78, 5) is 10.4. The number of hydrogen-bond donors (Lipinski definition) is 1. The predicted octanol–water partition coefficient (Wildman–Crippen LogP) is 2.95. The number of benzene rings is 1. The zero-order valence-corrected chi connectivity index (χ0v) is 10.0. The molecular formula is C11H14BrNO. The van der Waals surface area contributed by atoms with E-state index < -0.39 is 0 Å². The molecule has 1 aromatic rings. The third-order valence-corrected chi connectivity index (χ3v) is 2.44. The predicted molar refractivity (Wildman–Crippen MR) is 61.9 cm³/mol. The Labute approximate surface area is 92.8 Å². The molecule has 0 spiro atoms. The van der Waals surface area contributed by atoms with Gasteiger partial charge in [0.25, 0.3) is 4.82 Å². The van der Waals surface area contributed by atoms with Gasteiger partial charge in [-0.3, -0.25) is 4.79 Å². The number of aryl methyl sites for hydroxylation is 2. The Bertz CT molecular complexity index is 336. The number of hydrogen-bond acceptors (Lipinski definition) is 1. The number of carbonyl (C=O) groups excluding carboxylic acids is 1. The maximum Gasteiger partial charge on any atom is 0.287 e. The van der Waals surface area contributed by atoms with E-state index in [-0.39, 0.29) is 4.82 Å². The third kappa shape index (κ3) is 3.50. The molecule has 0 radical (unpaired) electrons. The molecule has 0 aliphatic heterocycles. The van der Waals surface area contributed by atoms with Gasteiger partial charge in [0.15, 0.2) is 0 Å². The summed E-state index contributed by atoms with van der Waals surface area (Å²) in [5, 5.41) is 2.71. The second-order valence-electron chi connectivity index (χ2n) is 3.38. The number of halogens is 1. The first-order valence-corrected chi connectivity index (χ1v) is 5.38. The van der Waals surface area contributed by atoms with Crippen molar-refractivity contribution >= 4 is 20.7 Å². The quantitative estimate of drug-likeness (QED) is 0.653. The van der Waals surface area contributed by atoms with Gasteiger partial charge in [-0.25, -0.2) is 0 Å². The van der Waals surface area contributed by atoms with Gasteiger partial charge in [0, 0.05) is 22.5 Å². The maximum absolute atomic E-state index is 10.6. The summed E-state index contributed by atoms with van der Waals surface area (Å²) < 4.78 is 0. The summed E-state index contributed by atoms with van der Waals surface area (Å²) in [6, 6.07) is 6.37. The Kier molecular flexibility index (Phi) is 4.14. The van der Waals surface area contributed by atoms with E-state index in [9.17, 15) is 4.79 Å². The molecule has 76 valence electrons. The van der Waals surface area contributed by atoms with Crippen molar-refractivity contribution in [3.05, 3.63) is 34.9 Å². The van der Waals surface area contributed by atoms with Crippen LogP contribution >= 0.6 is 15.9 Å². The zero-order chi connectivity index (χ0) is 10.6. The van der Waals surface area contributed by atoms with Crippen molar-refractivity contribution in [3.8, 4) is 0 Å². The van der Waals surface area contributed by atoms with Crippen LogP contribution in [-0.4, -0.2) is 11.4 Å². The van der Waals surface area contributed by atoms with Crippen LogP contribution in [0.1, 0.15) is 16.7 Å². The number of rotatable bonds is 3. The van der Waals surface area contributed by atoms with Crippen LogP contribution in [0.15, 0.2) is 18.2 Å². The Morgan fingerprint density at radius 2 is 2.14 bits per heavy atom. The highest BCUT2D eigenvalue weighted by Crippen LogP contribution is 2.10. The summed E-state index contributed by atoms with van der Waals surface area (Å²) in [7, 11) is 0. The molecule has 0 atom stereocenters. The Hall–Kier alpha value is -0.830. The lowest BCUT2D eigenvalue weighted by molar-refractivity contribution is 0.262. The summed E-state index contributed by atoms with van der Waals surface area (Å²) in [5.41, 5.74) is 3.85. The molecule has 0 aromatic heterocycles. The van der Waals surface area contributed by atoms with Gasteiger partial charge >= 0.3 is 0 Å². The van der Waals surface area contributed by atoms with E-state index in [1.165, 1.54) is 16.7 Å². The lowest BCUT2D eigenvalue weighted by Gasteiger charge is -2.06. The van der Waals surface area contributed by atoms with Crippen molar-refractivity contribution in [2.24, 2.45) is 0 Å². The molecule has 1 rings (SSSR count). The molecule has 1 N–H and O–H groups in total. The first kappa shape index (κ1) is 11.2. The summed E-state index contributed by atoms with van der Waals surface area (Å²) in [5.74, 6) is 0. The van der Waals surface area contributed by atoms with Gasteiger partial charge in [-0.15, -0.1) is 0 Å². The van der Waals surface area contributed by atoms with Gasteiger partial charge in [0.2, 0.25) is 0 Å². The van der Waals surface area contributed by atoms with Crippen molar-refractivity contribution in [2.75, 3.05) is 6.54 Å². The molecule has 14 heavy (non-hydrogen) atoms. The van der Waals surface area contributed by atoms with Gasteiger partial charge in [-0.2, -0.15) is 0 Å². The van der Waals surface area contributed by atoms with E-state index in [4.69, 9.17) is 0 Å².